The zero-order valence-electron chi connectivity index (χ0n) is 11.9. The molecule has 2 aromatic rings. The summed E-state index contributed by atoms with van der Waals surface area (Å²) in [4.78, 5) is 27.1. The Labute approximate surface area is 128 Å². The molecule has 0 radical (unpaired) electrons. The molecule has 2 aromatic carbocycles. The third-order valence-electron chi connectivity index (χ3n) is 3.26. The van der Waals surface area contributed by atoms with Gasteiger partial charge in [-0.1, -0.05) is 30.3 Å². The topological polar surface area (TPSA) is 38.5 Å². The Morgan fingerprint density at radius 2 is 1.82 bits per heavy atom. The molecule has 0 bridgehead atoms. The van der Waals surface area contributed by atoms with Gasteiger partial charge in [-0.15, -0.1) is 0 Å². The van der Waals surface area contributed by atoms with Crippen LogP contribution >= 0.6 is 0 Å². The lowest BCUT2D eigenvalue weighted by molar-refractivity contribution is -0.118. The summed E-state index contributed by atoms with van der Waals surface area (Å²) >= 11 is 0. The van der Waals surface area contributed by atoms with Crippen LogP contribution in [0.15, 0.2) is 48.5 Å². The molecule has 0 atom stereocenters. The summed E-state index contributed by atoms with van der Waals surface area (Å²) < 4.78 is 12.8. The minimum Gasteiger partial charge on any atom is -0.299 e. The molecule has 110 valence electrons. The lowest BCUT2D eigenvalue weighted by Crippen LogP contribution is -2.09. The third-order valence-corrected chi connectivity index (χ3v) is 3.26. The van der Waals surface area contributed by atoms with Gasteiger partial charge in [0.2, 0.25) is 0 Å². The van der Waals surface area contributed by atoms with Crippen LogP contribution in [0.4, 0.5) is 10.1 Å². The van der Waals surface area contributed by atoms with Crippen molar-refractivity contribution in [3.8, 4) is 0 Å². The minimum atomic E-state index is -0.315. The standard InChI is InChI=1S/C18H14FNO2/c1-20-16-4-2-3-14(11-16)18(22)12-17(21)10-7-13-5-8-15(19)9-6-13/h2-6,8-9,11H,7,10,12H2. The summed E-state index contributed by atoms with van der Waals surface area (Å²) in [7, 11) is 0. The molecule has 0 aromatic heterocycles. The Hall–Kier alpha value is -2.80. The molecule has 0 aliphatic carbocycles. The number of hydrogen-bond donors (Lipinski definition) is 0. The molecule has 0 saturated carbocycles. The van der Waals surface area contributed by atoms with E-state index >= 15 is 0 Å². The number of hydrogen-bond acceptors (Lipinski definition) is 2. The van der Waals surface area contributed by atoms with Crippen molar-refractivity contribution in [2.75, 3.05) is 0 Å². The van der Waals surface area contributed by atoms with Crippen LogP contribution in [0.2, 0.25) is 0 Å². The molecular formula is C18H14FNO2. The molecular weight excluding hydrogens is 281 g/mol. The van der Waals surface area contributed by atoms with E-state index in [0.717, 1.165) is 5.56 Å². The number of Topliss-reactive ketones (excluding diaryl/α,β-unsaturated/α-hetero) is 2. The fourth-order valence-corrected chi connectivity index (χ4v) is 2.05. The van der Waals surface area contributed by atoms with E-state index in [1.54, 1.807) is 30.3 Å². The SMILES string of the molecule is [C-]#[N+]c1cccc(C(=O)CC(=O)CCc2ccc(F)cc2)c1. The molecule has 0 unspecified atom stereocenters. The van der Waals surface area contributed by atoms with Crippen LogP contribution in [0.25, 0.3) is 4.85 Å². The van der Waals surface area contributed by atoms with E-state index in [-0.39, 0.29) is 30.2 Å². The highest BCUT2D eigenvalue weighted by atomic mass is 19.1. The molecule has 0 saturated heterocycles. The highest BCUT2D eigenvalue weighted by molar-refractivity contribution is 6.08. The van der Waals surface area contributed by atoms with E-state index in [9.17, 15) is 14.0 Å². The average molecular weight is 295 g/mol. The molecule has 2 rings (SSSR count). The van der Waals surface area contributed by atoms with E-state index in [1.807, 2.05) is 0 Å². The summed E-state index contributed by atoms with van der Waals surface area (Å²) in [6.07, 6.45) is 0.539. The number of carbonyl (C=O) groups is 2. The van der Waals surface area contributed by atoms with Crippen LogP contribution in [0.3, 0.4) is 0 Å². The molecule has 0 heterocycles. The van der Waals surface area contributed by atoms with Gasteiger partial charge in [-0.2, -0.15) is 0 Å². The molecule has 0 N–H and O–H groups in total. The normalized spacial score (nSPS) is 10.0. The van der Waals surface area contributed by atoms with Crippen LogP contribution in [0.1, 0.15) is 28.8 Å². The maximum atomic E-state index is 12.8. The van der Waals surface area contributed by atoms with E-state index in [4.69, 9.17) is 6.57 Å². The van der Waals surface area contributed by atoms with Gasteiger partial charge in [0.15, 0.2) is 11.5 Å². The largest absolute Gasteiger partial charge is 0.299 e. The zero-order chi connectivity index (χ0) is 15.9. The van der Waals surface area contributed by atoms with E-state index in [1.165, 1.54) is 18.2 Å². The van der Waals surface area contributed by atoms with Crippen molar-refractivity contribution in [2.24, 2.45) is 0 Å². The van der Waals surface area contributed by atoms with Gasteiger partial charge in [0, 0.05) is 12.0 Å². The Morgan fingerprint density at radius 3 is 2.50 bits per heavy atom. The van der Waals surface area contributed by atoms with Gasteiger partial charge in [0.25, 0.3) is 0 Å². The van der Waals surface area contributed by atoms with Crippen molar-refractivity contribution >= 4 is 17.3 Å². The summed E-state index contributed by atoms with van der Waals surface area (Å²) in [5.41, 5.74) is 1.62. The van der Waals surface area contributed by atoms with E-state index in [0.29, 0.717) is 17.7 Å². The molecule has 0 spiro atoms. The highest BCUT2D eigenvalue weighted by Crippen LogP contribution is 2.16. The van der Waals surface area contributed by atoms with Crippen molar-refractivity contribution in [3.05, 3.63) is 76.9 Å². The van der Waals surface area contributed by atoms with Crippen molar-refractivity contribution in [1.82, 2.24) is 0 Å². The van der Waals surface area contributed by atoms with Gasteiger partial charge < -0.3 is 0 Å². The van der Waals surface area contributed by atoms with Crippen molar-refractivity contribution in [3.63, 3.8) is 0 Å². The second-order valence-corrected chi connectivity index (χ2v) is 4.93. The monoisotopic (exact) mass is 295 g/mol. The summed E-state index contributed by atoms with van der Waals surface area (Å²) in [5, 5.41) is 0. The van der Waals surface area contributed by atoms with E-state index < -0.39 is 0 Å². The van der Waals surface area contributed by atoms with Crippen molar-refractivity contribution < 1.29 is 14.0 Å². The van der Waals surface area contributed by atoms with Crippen molar-refractivity contribution in [1.29, 1.82) is 0 Å². The summed E-state index contributed by atoms with van der Waals surface area (Å²) in [5.74, 6) is -0.762. The highest BCUT2D eigenvalue weighted by Gasteiger charge is 2.12. The lowest BCUT2D eigenvalue weighted by atomic mass is 10.0. The van der Waals surface area contributed by atoms with Gasteiger partial charge >= 0.3 is 0 Å². The van der Waals surface area contributed by atoms with Crippen LogP contribution in [0, 0.1) is 12.4 Å². The van der Waals surface area contributed by atoms with Gasteiger partial charge in [-0.25, -0.2) is 9.24 Å². The van der Waals surface area contributed by atoms with Gasteiger partial charge in [-0.3, -0.25) is 9.59 Å². The van der Waals surface area contributed by atoms with Gasteiger partial charge in [0.1, 0.15) is 11.6 Å². The molecule has 0 aliphatic heterocycles. The number of aryl methyl sites for hydroxylation is 1. The maximum Gasteiger partial charge on any atom is 0.187 e. The molecule has 0 amide bonds. The number of halogens is 1. The Kier molecular flexibility index (Phi) is 5.16. The first kappa shape index (κ1) is 15.6. The fraction of sp³-hybridized carbons (Fsp3) is 0.167. The summed E-state index contributed by atoms with van der Waals surface area (Å²) in [6, 6.07) is 12.3. The fourth-order valence-electron chi connectivity index (χ4n) is 2.05. The van der Waals surface area contributed by atoms with Crippen molar-refractivity contribution in [2.45, 2.75) is 19.3 Å². The molecule has 3 nitrogen and oxygen atoms in total. The van der Waals surface area contributed by atoms with E-state index in [2.05, 4.69) is 4.85 Å². The Balaban J connectivity index is 1.90. The Morgan fingerprint density at radius 1 is 1.09 bits per heavy atom. The second-order valence-electron chi connectivity index (χ2n) is 4.93. The van der Waals surface area contributed by atoms with Crippen LogP contribution in [-0.2, 0) is 11.2 Å². The zero-order valence-corrected chi connectivity index (χ0v) is 11.9. The Bertz CT molecular complexity index is 729. The number of carbonyl (C=O) groups excluding carboxylic acids is 2. The molecule has 4 heteroatoms. The second kappa shape index (κ2) is 7.28. The molecule has 0 aliphatic rings. The third kappa shape index (κ3) is 4.35. The minimum absolute atomic E-state index is 0.164. The van der Waals surface area contributed by atoms with Crippen LogP contribution < -0.4 is 0 Å². The number of benzene rings is 2. The number of ketones is 2. The maximum absolute atomic E-state index is 12.8. The number of rotatable bonds is 6. The smallest absolute Gasteiger partial charge is 0.187 e. The average Bonchev–Trinajstić information content (AvgIpc) is 2.54. The van der Waals surface area contributed by atoms with Gasteiger partial charge in [0.05, 0.1) is 13.0 Å². The first-order valence-electron chi connectivity index (χ1n) is 6.85. The first-order chi connectivity index (χ1) is 10.6. The van der Waals surface area contributed by atoms with Crippen LogP contribution in [-0.4, -0.2) is 11.6 Å². The lowest BCUT2D eigenvalue weighted by Gasteiger charge is -2.03. The van der Waals surface area contributed by atoms with Gasteiger partial charge in [-0.05, 0) is 30.2 Å². The van der Waals surface area contributed by atoms with Crippen LogP contribution in [0.5, 0.6) is 0 Å². The first-order valence-corrected chi connectivity index (χ1v) is 6.85. The predicted molar refractivity (Wildman–Crippen MR) is 81.4 cm³/mol. The predicted octanol–water partition coefficient (Wildman–Crippen LogP) is 4.15. The summed E-state index contributed by atoms with van der Waals surface area (Å²) in [6.45, 7) is 6.92. The number of nitrogens with zero attached hydrogens (tertiary/aromatic N) is 1. The molecule has 22 heavy (non-hydrogen) atoms. The quantitative estimate of drug-likeness (QED) is 0.456. The molecule has 0 fully saturated rings.